The number of aliphatic hydroxyl groups is 1. The Bertz CT molecular complexity index is 441. The van der Waals surface area contributed by atoms with Crippen LogP contribution < -0.4 is 10.6 Å². The summed E-state index contributed by atoms with van der Waals surface area (Å²) in [7, 11) is 1.58. The number of urea groups is 1. The summed E-state index contributed by atoms with van der Waals surface area (Å²) in [5, 5.41) is 15.1. The van der Waals surface area contributed by atoms with Crippen molar-refractivity contribution >= 4 is 11.7 Å². The lowest BCUT2D eigenvalue weighted by Crippen LogP contribution is -2.46. The van der Waals surface area contributed by atoms with E-state index >= 15 is 0 Å². The SMILES string of the molecule is CN(C(=O)Nc1ccccc1F)[C@@H]1CNC[C@H]1O. The number of halogens is 1. The Morgan fingerprint density at radius 3 is 2.83 bits per heavy atom. The summed E-state index contributed by atoms with van der Waals surface area (Å²) in [6.07, 6.45) is -0.596. The van der Waals surface area contributed by atoms with Crippen LogP contribution in [0.4, 0.5) is 14.9 Å². The number of β-amino-alcohol motifs (C(OH)–C–C–N with tert-alkyl or cyclic N) is 1. The third kappa shape index (κ3) is 2.60. The van der Waals surface area contributed by atoms with Gasteiger partial charge in [-0.2, -0.15) is 0 Å². The monoisotopic (exact) mass is 253 g/mol. The van der Waals surface area contributed by atoms with Crippen LogP contribution in [-0.4, -0.2) is 48.3 Å². The van der Waals surface area contributed by atoms with Crippen LogP contribution in [0.15, 0.2) is 24.3 Å². The van der Waals surface area contributed by atoms with Crippen LogP contribution in [0.2, 0.25) is 0 Å². The number of anilines is 1. The van der Waals surface area contributed by atoms with Gasteiger partial charge in [0.15, 0.2) is 0 Å². The smallest absolute Gasteiger partial charge is 0.322 e. The standard InChI is InChI=1S/C12H16FN3O2/c1-16(10-6-14-7-11(10)17)12(18)15-9-5-3-2-4-8(9)13/h2-5,10-11,14,17H,6-7H2,1H3,(H,15,18)/t10-,11-/m1/s1. The van der Waals surface area contributed by atoms with E-state index in [2.05, 4.69) is 10.6 Å². The van der Waals surface area contributed by atoms with Crippen LogP contribution in [0, 0.1) is 5.82 Å². The molecule has 0 unspecified atom stereocenters. The zero-order valence-electron chi connectivity index (χ0n) is 10.1. The second-order valence-corrected chi connectivity index (χ2v) is 4.31. The summed E-state index contributed by atoms with van der Waals surface area (Å²) in [6.45, 7) is 0.990. The number of aliphatic hydroxyl groups excluding tert-OH is 1. The van der Waals surface area contributed by atoms with E-state index in [-0.39, 0.29) is 11.7 Å². The maximum absolute atomic E-state index is 13.4. The van der Waals surface area contributed by atoms with Crippen molar-refractivity contribution in [3.05, 3.63) is 30.1 Å². The van der Waals surface area contributed by atoms with Gasteiger partial charge in [-0.05, 0) is 12.1 Å². The lowest BCUT2D eigenvalue weighted by Gasteiger charge is -2.26. The van der Waals surface area contributed by atoms with Gasteiger partial charge in [-0.15, -0.1) is 0 Å². The molecule has 2 amide bonds. The molecule has 5 nitrogen and oxygen atoms in total. The number of para-hydroxylation sites is 1. The maximum atomic E-state index is 13.4. The number of hydrogen-bond donors (Lipinski definition) is 3. The fraction of sp³-hybridized carbons (Fsp3) is 0.417. The second-order valence-electron chi connectivity index (χ2n) is 4.31. The van der Waals surface area contributed by atoms with Gasteiger partial charge in [0.05, 0.1) is 17.8 Å². The third-order valence-corrected chi connectivity index (χ3v) is 3.08. The molecule has 0 radical (unpaired) electrons. The van der Waals surface area contributed by atoms with Gasteiger partial charge >= 0.3 is 6.03 Å². The van der Waals surface area contributed by atoms with Crippen molar-refractivity contribution in [2.75, 3.05) is 25.5 Å². The molecule has 1 saturated heterocycles. The van der Waals surface area contributed by atoms with E-state index in [1.54, 1.807) is 19.2 Å². The average Bonchev–Trinajstić information content (AvgIpc) is 2.77. The molecular formula is C12H16FN3O2. The van der Waals surface area contributed by atoms with E-state index in [1.165, 1.54) is 17.0 Å². The molecule has 0 aromatic heterocycles. The number of likely N-dealkylation sites (N-methyl/N-ethyl adjacent to an activating group) is 1. The first-order valence-corrected chi connectivity index (χ1v) is 5.76. The van der Waals surface area contributed by atoms with E-state index in [4.69, 9.17) is 0 Å². The topological polar surface area (TPSA) is 64.6 Å². The van der Waals surface area contributed by atoms with Crippen molar-refractivity contribution in [2.45, 2.75) is 12.1 Å². The molecule has 3 N–H and O–H groups in total. The Morgan fingerprint density at radius 1 is 1.50 bits per heavy atom. The highest BCUT2D eigenvalue weighted by Crippen LogP contribution is 2.14. The van der Waals surface area contributed by atoms with Gasteiger partial charge in [0.2, 0.25) is 0 Å². The molecule has 0 aliphatic carbocycles. The van der Waals surface area contributed by atoms with E-state index in [1.807, 2.05) is 0 Å². The Kier molecular flexibility index (Phi) is 3.78. The van der Waals surface area contributed by atoms with Crippen molar-refractivity contribution < 1.29 is 14.3 Å². The zero-order chi connectivity index (χ0) is 13.1. The van der Waals surface area contributed by atoms with Gasteiger partial charge in [0, 0.05) is 20.1 Å². The summed E-state index contributed by atoms with van der Waals surface area (Å²) >= 11 is 0. The fourth-order valence-corrected chi connectivity index (χ4v) is 1.96. The summed E-state index contributed by atoms with van der Waals surface area (Å²) in [5.41, 5.74) is 0.134. The highest BCUT2D eigenvalue weighted by atomic mass is 19.1. The first kappa shape index (κ1) is 12.8. The molecule has 1 fully saturated rings. The lowest BCUT2D eigenvalue weighted by atomic mass is 10.2. The molecule has 1 aromatic carbocycles. The van der Waals surface area contributed by atoms with Crippen LogP contribution in [0.3, 0.4) is 0 Å². The Hall–Kier alpha value is -1.66. The van der Waals surface area contributed by atoms with Crippen LogP contribution in [0.1, 0.15) is 0 Å². The summed E-state index contributed by atoms with van der Waals surface area (Å²) in [4.78, 5) is 13.3. The van der Waals surface area contributed by atoms with Gasteiger partial charge in [0.1, 0.15) is 5.82 Å². The van der Waals surface area contributed by atoms with E-state index in [9.17, 15) is 14.3 Å². The fourth-order valence-electron chi connectivity index (χ4n) is 1.96. The number of nitrogens with zero attached hydrogens (tertiary/aromatic N) is 1. The van der Waals surface area contributed by atoms with Crippen LogP contribution >= 0.6 is 0 Å². The minimum atomic E-state index is -0.596. The quantitative estimate of drug-likeness (QED) is 0.724. The molecule has 0 saturated carbocycles. The van der Waals surface area contributed by atoms with Gasteiger partial charge in [-0.25, -0.2) is 9.18 Å². The number of nitrogens with one attached hydrogen (secondary N) is 2. The molecule has 98 valence electrons. The van der Waals surface area contributed by atoms with E-state index < -0.39 is 18.0 Å². The number of carbonyl (C=O) groups is 1. The molecule has 0 spiro atoms. The first-order chi connectivity index (χ1) is 8.59. The molecule has 1 aromatic rings. The van der Waals surface area contributed by atoms with Crippen molar-refractivity contribution in [1.82, 2.24) is 10.2 Å². The molecule has 2 rings (SSSR count). The van der Waals surface area contributed by atoms with Gasteiger partial charge in [0.25, 0.3) is 0 Å². The van der Waals surface area contributed by atoms with Crippen LogP contribution in [0.25, 0.3) is 0 Å². The molecular weight excluding hydrogens is 237 g/mol. The summed E-state index contributed by atoms with van der Waals surface area (Å²) in [5.74, 6) is -0.482. The molecule has 18 heavy (non-hydrogen) atoms. The van der Waals surface area contributed by atoms with E-state index in [0.717, 1.165) is 0 Å². The number of benzene rings is 1. The molecule has 0 bridgehead atoms. The van der Waals surface area contributed by atoms with Crippen LogP contribution in [0.5, 0.6) is 0 Å². The molecule has 1 aliphatic rings. The van der Waals surface area contributed by atoms with Crippen molar-refractivity contribution in [3.63, 3.8) is 0 Å². The summed E-state index contributed by atoms with van der Waals surface area (Å²) in [6, 6.07) is 5.24. The van der Waals surface area contributed by atoms with Gasteiger partial charge in [-0.1, -0.05) is 12.1 Å². The van der Waals surface area contributed by atoms with Crippen molar-refractivity contribution in [2.24, 2.45) is 0 Å². The number of amides is 2. The lowest BCUT2D eigenvalue weighted by molar-refractivity contribution is 0.115. The minimum absolute atomic E-state index is 0.134. The van der Waals surface area contributed by atoms with Gasteiger partial charge in [-0.3, -0.25) is 0 Å². The van der Waals surface area contributed by atoms with Crippen molar-refractivity contribution in [1.29, 1.82) is 0 Å². The maximum Gasteiger partial charge on any atom is 0.322 e. The highest BCUT2D eigenvalue weighted by Gasteiger charge is 2.31. The summed E-state index contributed by atoms with van der Waals surface area (Å²) < 4.78 is 13.4. The number of rotatable bonds is 2. The highest BCUT2D eigenvalue weighted by molar-refractivity contribution is 5.89. The molecule has 1 aliphatic heterocycles. The third-order valence-electron chi connectivity index (χ3n) is 3.08. The normalized spacial score (nSPS) is 22.8. The zero-order valence-corrected chi connectivity index (χ0v) is 10.1. The Labute approximate surface area is 105 Å². The largest absolute Gasteiger partial charge is 0.390 e. The molecule has 2 atom stereocenters. The Morgan fingerprint density at radius 2 is 2.22 bits per heavy atom. The van der Waals surface area contributed by atoms with Gasteiger partial charge < -0.3 is 20.6 Å². The average molecular weight is 253 g/mol. The predicted molar refractivity (Wildman–Crippen MR) is 65.8 cm³/mol. The number of carbonyl (C=O) groups excluding carboxylic acids is 1. The first-order valence-electron chi connectivity index (χ1n) is 5.76. The van der Waals surface area contributed by atoms with E-state index in [0.29, 0.717) is 13.1 Å². The van der Waals surface area contributed by atoms with Crippen LogP contribution in [-0.2, 0) is 0 Å². The van der Waals surface area contributed by atoms with Crippen molar-refractivity contribution in [3.8, 4) is 0 Å². The number of hydrogen-bond acceptors (Lipinski definition) is 3. The molecule has 6 heteroatoms. The molecule has 1 heterocycles. The minimum Gasteiger partial charge on any atom is -0.390 e. The predicted octanol–water partition coefficient (Wildman–Crippen LogP) is 0.622. The Balaban J connectivity index is 2.02. The second kappa shape index (κ2) is 5.32.